The van der Waals surface area contributed by atoms with Gasteiger partial charge < -0.3 is 9.64 Å². The van der Waals surface area contributed by atoms with Crippen molar-refractivity contribution < 1.29 is 19.1 Å². The second kappa shape index (κ2) is 8.30. The number of nitrogens with zero attached hydrogens (tertiary/aromatic N) is 2. The number of carbonyl (C=O) groups is 3. The molecule has 0 saturated heterocycles. The first-order valence-corrected chi connectivity index (χ1v) is 10.5. The third-order valence-electron chi connectivity index (χ3n) is 5.64. The van der Waals surface area contributed by atoms with Crippen LogP contribution in [0.1, 0.15) is 63.3 Å². The lowest BCUT2D eigenvalue weighted by Crippen LogP contribution is -2.33. The standard InChI is InChI=1S/C24H26N2O4/c1-3-25(14-16-9-10-16)22(27)20-13-17(11-12-21(20)30-4-2)15-26-23(28)18-7-5-6-8-19(18)24(26)29/h5-8,11-13,16H,3-4,9-10,14-15H2,1-2H3. The highest BCUT2D eigenvalue weighted by Gasteiger charge is 2.35. The highest BCUT2D eigenvalue weighted by molar-refractivity contribution is 6.21. The number of ether oxygens (including phenoxy) is 1. The molecule has 6 heteroatoms. The van der Waals surface area contributed by atoms with Gasteiger partial charge in [-0.2, -0.15) is 0 Å². The molecule has 156 valence electrons. The second-order valence-electron chi connectivity index (χ2n) is 7.79. The van der Waals surface area contributed by atoms with Crippen molar-refractivity contribution in [2.75, 3.05) is 19.7 Å². The Hall–Kier alpha value is -3.15. The molecule has 0 aromatic heterocycles. The molecule has 1 aliphatic carbocycles. The van der Waals surface area contributed by atoms with Crippen molar-refractivity contribution in [3.63, 3.8) is 0 Å². The molecule has 1 heterocycles. The van der Waals surface area contributed by atoms with E-state index in [-0.39, 0.29) is 24.3 Å². The summed E-state index contributed by atoms with van der Waals surface area (Å²) in [5.74, 6) is 0.438. The summed E-state index contributed by atoms with van der Waals surface area (Å²) in [6.07, 6.45) is 2.34. The molecule has 4 rings (SSSR count). The summed E-state index contributed by atoms with van der Waals surface area (Å²) < 4.78 is 5.70. The van der Waals surface area contributed by atoms with E-state index in [9.17, 15) is 14.4 Å². The van der Waals surface area contributed by atoms with Crippen LogP contribution in [0.3, 0.4) is 0 Å². The lowest BCUT2D eigenvalue weighted by molar-refractivity contribution is 0.0642. The van der Waals surface area contributed by atoms with Crippen LogP contribution in [0.5, 0.6) is 5.75 Å². The van der Waals surface area contributed by atoms with Crippen molar-refractivity contribution in [2.24, 2.45) is 5.92 Å². The maximum absolute atomic E-state index is 13.2. The lowest BCUT2D eigenvalue weighted by atomic mass is 10.1. The highest BCUT2D eigenvalue weighted by Crippen LogP contribution is 2.31. The fraction of sp³-hybridized carbons (Fsp3) is 0.375. The quantitative estimate of drug-likeness (QED) is 0.626. The van der Waals surface area contributed by atoms with Gasteiger partial charge in [-0.15, -0.1) is 0 Å². The van der Waals surface area contributed by atoms with E-state index in [1.807, 2.05) is 24.8 Å². The van der Waals surface area contributed by atoms with Crippen LogP contribution in [-0.4, -0.2) is 47.2 Å². The zero-order valence-electron chi connectivity index (χ0n) is 17.4. The van der Waals surface area contributed by atoms with Crippen molar-refractivity contribution in [3.8, 4) is 5.75 Å². The number of fused-ring (bicyclic) bond motifs is 1. The minimum absolute atomic E-state index is 0.0722. The number of rotatable bonds is 8. The van der Waals surface area contributed by atoms with Gasteiger partial charge in [-0.05, 0) is 62.4 Å². The maximum Gasteiger partial charge on any atom is 0.261 e. The Bertz CT molecular complexity index is 961. The fourth-order valence-electron chi connectivity index (χ4n) is 3.83. The van der Waals surface area contributed by atoms with Crippen LogP contribution in [0.25, 0.3) is 0 Å². The predicted octanol–water partition coefficient (Wildman–Crippen LogP) is 3.75. The molecule has 0 spiro atoms. The summed E-state index contributed by atoms with van der Waals surface area (Å²) in [7, 11) is 0. The summed E-state index contributed by atoms with van der Waals surface area (Å²) in [5.41, 5.74) is 2.05. The minimum Gasteiger partial charge on any atom is -0.493 e. The van der Waals surface area contributed by atoms with Gasteiger partial charge in [0.25, 0.3) is 17.7 Å². The molecular weight excluding hydrogens is 380 g/mol. The number of benzene rings is 2. The largest absolute Gasteiger partial charge is 0.493 e. The number of imide groups is 1. The smallest absolute Gasteiger partial charge is 0.261 e. The molecule has 1 aliphatic heterocycles. The molecule has 30 heavy (non-hydrogen) atoms. The third kappa shape index (κ3) is 3.82. The topological polar surface area (TPSA) is 66.9 Å². The van der Waals surface area contributed by atoms with Crippen LogP contribution in [-0.2, 0) is 6.54 Å². The first-order valence-electron chi connectivity index (χ1n) is 10.5. The Balaban J connectivity index is 1.60. The highest BCUT2D eigenvalue weighted by atomic mass is 16.5. The fourth-order valence-corrected chi connectivity index (χ4v) is 3.83. The Morgan fingerprint density at radius 1 is 1.07 bits per heavy atom. The molecular formula is C24H26N2O4. The molecule has 0 radical (unpaired) electrons. The van der Waals surface area contributed by atoms with Gasteiger partial charge in [-0.3, -0.25) is 19.3 Å². The van der Waals surface area contributed by atoms with Crippen molar-refractivity contribution in [1.82, 2.24) is 9.80 Å². The number of hydrogen-bond donors (Lipinski definition) is 0. The van der Waals surface area contributed by atoms with E-state index < -0.39 is 0 Å². The van der Waals surface area contributed by atoms with Crippen molar-refractivity contribution in [2.45, 2.75) is 33.2 Å². The Morgan fingerprint density at radius 3 is 2.30 bits per heavy atom. The average Bonchev–Trinajstić information content (AvgIpc) is 3.56. The van der Waals surface area contributed by atoms with E-state index in [4.69, 9.17) is 4.74 Å². The SMILES string of the molecule is CCOc1ccc(CN2C(=O)c3ccccc3C2=O)cc1C(=O)N(CC)CC1CC1. The molecule has 6 nitrogen and oxygen atoms in total. The van der Waals surface area contributed by atoms with Gasteiger partial charge in [0, 0.05) is 13.1 Å². The van der Waals surface area contributed by atoms with E-state index >= 15 is 0 Å². The Kier molecular flexibility index (Phi) is 5.57. The van der Waals surface area contributed by atoms with Crippen molar-refractivity contribution in [1.29, 1.82) is 0 Å². The molecule has 0 unspecified atom stereocenters. The van der Waals surface area contributed by atoms with Crippen LogP contribution < -0.4 is 4.74 Å². The summed E-state index contributed by atoms with van der Waals surface area (Å²) >= 11 is 0. The summed E-state index contributed by atoms with van der Waals surface area (Å²) in [6, 6.07) is 12.2. The summed E-state index contributed by atoms with van der Waals surface area (Å²) in [6.45, 7) is 5.81. The monoisotopic (exact) mass is 406 g/mol. The minimum atomic E-state index is -0.304. The van der Waals surface area contributed by atoms with Gasteiger partial charge in [0.05, 0.1) is 29.8 Å². The summed E-state index contributed by atoms with van der Waals surface area (Å²) in [4.78, 5) is 41.7. The van der Waals surface area contributed by atoms with Gasteiger partial charge in [-0.1, -0.05) is 18.2 Å². The van der Waals surface area contributed by atoms with Crippen LogP contribution in [0.4, 0.5) is 0 Å². The van der Waals surface area contributed by atoms with Crippen molar-refractivity contribution in [3.05, 3.63) is 64.7 Å². The third-order valence-corrected chi connectivity index (χ3v) is 5.64. The van der Waals surface area contributed by atoms with Gasteiger partial charge >= 0.3 is 0 Å². The van der Waals surface area contributed by atoms with Crippen molar-refractivity contribution >= 4 is 17.7 Å². The van der Waals surface area contributed by atoms with Crippen LogP contribution in [0.15, 0.2) is 42.5 Å². The molecule has 1 fully saturated rings. The maximum atomic E-state index is 13.2. The Morgan fingerprint density at radius 2 is 1.73 bits per heavy atom. The van der Waals surface area contributed by atoms with E-state index in [0.717, 1.165) is 12.1 Å². The number of carbonyl (C=O) groups excluding carboxylic acids is 3. The first kappa shape index (κ1) is 20.1. The predicted molar refractivity (Wildman–Crippen MR) is 113 cm³/mol. The Labute approximate surface area is 176 Å². The number of hydrogen-bond acceptors (Lipinski definition) is 4. The normalized spacial score (nSPS) is 15.3. The molecule has 2 aromatic rings. The summed E-state index contributed by atoms with van der Waals surface area (Å²) in [5, 5.41) is 0. The molecule has 0 bridgehead atoms. The zero-order valence-corrected chi connectivity index (χ0v) is 17.4. The average molecular weight is 406 g/mol. The molecule has 0 atom stereocenters. The lowest BCUT2D eigenvalue weighted by Gasteiger charge is -2.23. The van der Waals surface area contributed by atoms with Crippen LogP contribution in [0.2, 0.25) is 0 Å². The van der Waals surface area contributed by atoms with Gasteiger partial charge in [0.1, 0.15) is 5.75 Å². The number of amides is 3. The first-order chi connectivity index (χ1) is 14.5. The zero-order chi connectivity index (χ0) is 21.3. The van der Waals surface area contributed by atoms with E-state index in [1.54, 1.807) is 36.4 Å². The van der Waals surface area contributed by atoms with E-state index in [2.05, 4.69) is 0 Å². The van der Waals surface area contributed by atoms with Gasteiger partial charge in [-0.25, -0.2) is 0 Å². The van der Waals surface area contributed by atoms with Gasteiger partial charge in [0.2, 0.25) is 0 Å². The van der Waals surface area contributed by atoms with Crippen LogP contribution in [0, 0.1) is 5.92 Å². The van der Waals surface area contributed by atoms with E-state index in [1.165, 1.54) is 17.7 Å². The second-order valence-corrected chi connectivity index (χ2v) is 7.79. The molecule has 3 amide bonds. The molecule has 2 aromatic carbocycles. The van der Waals surface area contributed by atoms with Crippen LogP contribution >= 0.6 is 0 Å². The van der Waals surface area contributed by atoms with Gasteiger partial charge in [0.15, 0.2) is 0 Å². The van der Waals surface area contributed by atoms with E-state index in [0.29, 0.717) is 41.5 Å². The molecule has 2 aliphatic rings. The molecule has 1 saturated carbocycles. The molecule has 0 N–H and O–H groups in total.